The summed E-state index contributed by atoms with van der Waals surface area (Å²) in [5.74, 6) is -2.60. The molecule has 8 aromatic rings. The highest BCUT2D eigenvalue weighted by molar-refractivity contribution is 7.99. The molecule has 3 aromatic heterocycles. The van der Waals surface area contributed by atoms with Crippen LogP contribution in [0.25, 0.3) is 37.7 Å². The molecule has 83 heavy (non-hydrogen) atoms. The number of nitrogens with one attached hydrogen (secondary N) is 1. The number of benzene rings is 5. The predicted octanol–water partition coefficient (Wildman–Crippen LogP) is 8.66. The Hall–Kier alpha value is -7.87. The molecule has 0 fully saturated rings. The number of nitrogens with zero attached hydrogens (tertiary/aromatic N) is 10. The van der Waals surface area contributed by atoms with Crippen molar-refractivity contribution < 1.29 is 84.3 Å². The number of aromatic nitrogens is 3. The zero-order valence-electron chi connectivity index (χ0n) is 42.6. The fourth-order valence-electron chi connectivity index (χ4n) is 7.93. The van der Waals surface area contributed by atoms with E-state index in [2.05, 4.69) is 46.0 Å². The van der Waals surface area contributed by atoms with Crippen molar-refractivity contribution in [2.75, 3.05) is 29.2 Å². The van der Waals surface area contributed by atoms with Crippen LogP contribution in [-0.4, -0.2) is 119 Å². The average Bonchev–Trinajstić information content (AvgIpc) is 2.09. The Morgan fingerprint density at radius 1 is 0.795 bits per heavy atom. The average molecular weight is 1280 g/mol. The number of rotatable bonds is 20. The Morgan fingerprint density at radius 2 is 1.45 bits per heavy atom. The number of aliphatic hydroxyl groups is 1. The number of ether oxygens (including phenoxy) is 1. The first-order chi connectivity index (χ1) is 38.9. The molecule has 0 spiro atoms. The normalized spacial score (nSPS) is 12.5. The van der Waals surface area contributed by atoms with Crippen LogP contribution in [0.4, 0.5) is 39.3 Å². The summed E-state index contributed by atoms with van der Waals surface area (Å²) in [5, 5.41) is 62.0. The lowest BCUT2D eigenvalue weighted by Crippen LogP contribution is -2.11. The number of amides is 1. The third-order valence-corrected chi connectivity index (χ3v) is 16.9. The largest absolute Gasteiger partial charge is 0.493 e. The monoisotopic (exact) mass is 1280 g/mol. The second-order valence-electron chi connectivity index (χ2n) is 17.3. The summed E-state index contributed by atoms with van der Waals surface area (Å²) in [6.07, 6.45) is -0.224. The van der Waals surface area contributed by atoms with Gasteiger partial charge in [-0.3, -0.25) is 27.4 Å². The molecule has 7 N–H and O–H groups in total. The van der Waals surface area contributed by atoms with Crippen molar-refractivity contribution in [2.24, 2.45) is 30.7 Å². The molecule has 436 valence electrons. The molecule has 0 aliphatic rings. The number of hydrogen-bond acceptors (Lipinski definition) is 26. The number of aryl methyl sites for hydroxylation is 1. The van der Waals surface area contributed by atoms with Crippen molar-refractivity contribution in [3.8, 4) is 17.7 Å². The number of aromatic hydroxyl groups is 1. The highest BCUT2D eigenvalue weighted by Crippen LogP contribution is 2.45. The number of imidazole rings is 1. The molecule has 0 saturated heterocycles. The van der Waals surface area contributed by atoms with Gasteiger partial charge in [-0.05, 0) is 79.8 Å². The van der Waals surface area contributed by atoms with Crippen LogP contribution >= 0.6 is 23.1 Å². The summed E-state index contributed by atoms with van der Waals surface area (Å²) >= 11 is 2.08. The number of pyridine rings is 1. The third kappa shape index (κ3) is 15.2. The Morgan fingerprint density at radius 3 is 2.08 bits per heavy atom. The predicted molar refractivity (Wildman–Crippen MR) is 299 cm³/mol. The molecule has 0 unspecified atom stereocenters. The Bertz CT molecular complexity index is 4700. The Balaban J connectivity index is 0.00000240. The van der Waals surface area contributed by atoms with Gasteiger partial charge in [-0.2, -0.15) is 44.0 Å². The number of thioether (sulfide) groups is 1. The van der Waals surface area contributed by atoms with Crippen LogP contribution in [0, 0.1) is 25.2 Å². The first kappa shape index (κ1) is 62.7. The van der Waals surface area contributed by atoms with Crippen LogP contribution in [0.3, 0.4) is 0 Å². The summed E-state index contributed by atoms with van der Waals surface area (Å²) in [4.78, 5) is 19.6. The number of carbonyl (C=O) groups is 1. The second kappa shape index (κ2) is 25.3. The molecule has 30 nitrogen and oxygen atoms in total. The number of thiazole rings is 1. The molecule has 8 rings (SSSR count). The van der Waals surface area contributed by atoms with Crippen molar-refractivity contribution in [1.82, 2.24) is 14.4 Å². The molecule has 0 bridgehead atoms. The lowest BCUT2D eigenvalue weighted by atomic mass is 10.1. The maximum absolute atomic E-state index is 12.6. The lowest BCUT2D eigenvalue weighted by molar-refractivity contribution is -0.114. The zero-order chi connectivity index (χ0) is 60.9. The smallest absolute Gasteiger partial charge is 0.425 e. The lowest BCUT2D eigenvalue weighted by Gasteiger charge is -2.12. The van der Waals surface area contributed by atoms with Crippen LogP contribution in [0.1, 0.15) is 42.0 Å². The van der Waals surface area contributed by atoms with E-state index in [-0.39, 0.29) is 104 Å². The second-order valence-corrected chi connectivity index (χ2v) is 25.7. The number of anilines is 1. The standard InChI is InChI=1S/C46H41N11O16S6.O3S/c1-23-16-33(53-55-39-24(2)29(21-47)44-49-40-35(57(44)45(39)60)11-10-30(48-25(3)59)43(40)79(70,71)72)36(73-12-6-14-76(61,62)63)19-31(23)51-54-34-17-27(22-58)32(20-37(34)74-13-7-15-77(64,65)66)52-56-46-50-41-38(78(67,68)69)18-26-8-4-5-9-28(26)42(41)75-46;1-4(2)3/h4-5,8-11,16-20,58,60H,6-7,12-15,22H2,1-3H3,(H,48,59)(H,61,62,63)(H,64,65,66)(H,67,68,69)(H,70,71,72);. The van der Waals surface area contributed by atoms with E-state index in [0.717, 1.165) is 40.5 Å². The van der Waals surface area contributed by atoms with E-state index >= 15 is 0 Å². The molecular weight excluding hydrogens is 1240 g/mol. The maximum atomic E-state index is 12.6. The molecule has 0 radical (unpaired) electrons. The number of fused-ring (bicyclic) bond motifs is 6. The van der Waals surface area contributed by atoms with E-state index in [1.165, 1.54) is 43.3 Å². The first-order valence-corrected chi connectivity index (χ1v) is 32.0. The quantitative estimate of drug-likeness (QED) is 0.0162. The van der Waals surface area contributed by atoms with Crippen molar-refractivity contribution in [3.63, 3.8) is 0 Å². The minimum Gasteiger partial charge on any atom is -0.493 e. The molecule has 5 aromatic carbocycles. The molecular formula is C46H41N11O19S7. The van der Waals surface area contributed by atoms with Crippen LogP contribution in [0.15, 0.2) is 112 Å². The number of hydrogen-bond donors (Lipinski definition) is 7. The fraction of sp³-hybridized carbons (Fsp3) is 0.217. The summed E-state index contributed by atoms with van der Waals surface area (Å²) < 4.78 is 168. The van der Waals surface area contributed by atoms with Crippen LogP contribution in [-0.2, 0) is 62.5 Å². The number of nitriles is 1. The summed E-state index contributed by atoms with van der Waals surface area (Å²) in [7, 11) is -21.6. The molecule has 3 heterocycles. The summed E-state index contributed by atoms with van der Waals surface area (Å²) in [6, 6.07) is 18.2. The molecule has 37 heteroatoms. The highest BCUT2D eigenvalue weighted by Gasteiger charge is 2.28. The van der Waals surface area contributed by atoms with Crippen molar-refractivity contribution in [3.05, 3.63) is 89.0 Å². The Labute approximate surface area is 479 Å². The van der Waals surface area contributed by atoms with Gasteiger partial charge in [-0.15, -0.1) is 50.0 Å². The van der Waals surface area contributed by atoms with Gasteiger partial charge in [-0.1, -0.05) is 35.6 Å². The minimum atomic E-state index is -5.08. The topological polar surface area (TPSA) is 476 Å². The molecule has 0 atom stereocenters. The fourth-order valence-corrected chi connectivity index (χ4v) is 12.5. The van der Waals surface area contributed by atoms with E-state index in [4.69, 9.17) is 17.4 Å². The minimum absolute atomic E-state index is 0.0106. The highest BCUT2D eigenvalue weighted by atomic mass is 32.2. The van der Waals surface area contributed by atoms with E-state index in [0.29, 0.717) is 25.9 Å². The first-order valence-electron chi connectivity index (χ1n) is 23.1. The van der Waals surface area contributed by atoms with Gasteiger partial charge in [0.1, 0.15) is 43.9 Å². The molecule has 0 saturated carbocycles. The van der Waals surface area contributed by atoms with Crippen molar-refractivity contribution in [2.45, 2.75) is 54.9 Å². The van der Waals surface area contributed by atoms with Crippen LogP contribution in [0.2, 0.25) is 0 Å². The Kier molecular flexibility index (Phi) is 19.1. The van der Waals surface area contributed by atoms with Crippen LogP contribution < -0.4 is 10.1 Å². The van der Waals surface area contributed by atoms with Gasteiger partial charge in [0.05, 0.1) is 57.7 Å². The van der Waals surface area contributed by atoms with Gasteiger partial charge in [0.2, 0.25) is 16.9 Å². The van der Waals surface area contributed by atoms with Gasteiger partial charge in [-0.25, -0.2) is 9.97 Å². The van der Waals surface area contributed by atoms with E-state index in [1.807, 2.05) is 6.07 Å². The maximum Gasteiger partial charge on any atom is 0.425 e. The van der Waals surface area contributed by atoms with Crippen LogP contribution in [0.5, 0.6) is 11.6 Å². The number of azo groups is 3. The van der Waals surface area contributed by atoms with Gasteiger partial charge in [0, 0.05) is 34.4 Å². The van der Waals surface area contributed by atoms with E-state index in [1.54, 1.807) is 31.2 Å². The van der Waals surface area contributed by atoms with Gasteiger partial charge in [0.25, 0.3) is 40.5 Å². The molecule has 0 aliphatic carbocycles. The van der Waals surface area contributed by atoms with Gasteiger partial charge in [0.15, 0.2) is 11.3 Å². The van der Waals surface area contributed by atoms with Crippen molar-refractivity contribution >= 4 is 157 Å². The molecule has 0 aliphatic heterocycles. The van der Waals surface area contributed by atoms with Gasteiger partial charge >= 0.3 is 10.6 Å². The van der Waals surface area contributed by atoms with Crippen molar-refractivity contribution in [1.29, 1.82) is 5.26 Å². The van der Waals surface area contributed by atoms with E-state index in [9.17, 15) is 72.2 Å². The number of carbonyl (C=O) groups excluding carboxylic acids is 1. The third-order valence-electron chi connectivity index (χ3n) is 11.4. The summed E-state index contributed by atoms with van der Waals surface area (Å²) in [6.45, 7) is 3.15. The SMILES string of the molecule is CC(=O)Nc1ccc2c(nc3c(C#N)c(C)c(N=Nc4cc(C)c(N=Nc5cc(CO)c(N=Nc6nc7c(S(=O)(=O)O)cc8ccccc8c7s6)cc5SCCCS(=O)(=O)O)cc4OCCCS(=O)(=O)O)c(O)n32)c1S(=O)(=O)O.O=S(=O)=O. The molecule has 1 amide bonds. The number of aliphatic hydroxyl groups excluding tert-OH is 1. The van der Waals surface area contributed by atoms with Gasteiger partial charge < -0.3 is 20.3 Å². The summed E-state index contributed by atoms with van der Waals surface area (Å²) in [5.41, 5.74) is -0.845. The zero-order valence-corrected chi connectivity index (χ0v) is 48.3. The van der Waals surface area contributed by atoms with E-state index < -0.39 is 96.3 Å².